The molecule has 3 heterocycles. The molecule has 0 N–H and O–H groups in total. The third-order valence-electron chi connectivity index (χ3n) is 3.47. The van der Waals surface area contributed by atoms with E-state index in [4.69, 9.17) is 0 Å². The van der Waals surface area contributed by atoms with Gasteiger partial charge in [0, 0.05) is 23.5 Å². The van der Waals surface area contributed by atoms with Crippen LogP contribution in [0.15, 0.2) is 79.3 Å². The van der Waals surface area contributed by atoms with Crippen molar-refractivity contribution >= 4 is 0 Å². The monoisotopic (exact) mass is 299 g/mol. The van der Waals surface area contributed by atoms with Crippen LogP contribution in [0.4, 0.5) is 0 Å². The molecule has 5 nitrogen and oxygen atoms in total. The molecule has 0 fully saturated rings. The summed E-state index contributed by atoms with van der Waals surface area (Å²) in [5.74, 6) is 0.694. The van der Waals surface area contributed by atoms with Gasteiger partial charge in [0.1, 0.15) is 5.69 Å². The van der Waals surface area contributed by atoms with E-state index in [0.29, 0.717) is 5.82 Å². The van der Waals surface area contributed by atoms with Crippen molar-refractivity contribution < 1.29 is 0 Å². The Morgan fingerprint density at radius 1 is 0.696 bits per heavy atom. The minimum Gasteiger partial charge on any atom is -0.256 e. The maximum Gasteiger partial charge on any atom is 0.174 e. The Hall–Kier alpha value is -3.34. The molecule has 0 saturated heterocycles. The van der Waals surface area contributed by atoms with Gasteiger partial charge in [0.05, 0.1) is 11.9 Å². The minimum atomic E-state index is 0.694. The van der Waals surface area contributed by atoms with Gasteiger partial charge in [-0.05, 0) is 30.3 Å². The van der Waals surface area contributed by atoms with Gasteiger partial charge in [-0.3, -0.25) is 4.98 Å². The number of nitrogens with zero attached hydrogens (tertiary/aromatic N) is 5. The number of pyridine rings is 2. The molecular formula is C18H13N5. The number of hydrogen-bond acceptors (Lipinski definition) is 4. The van der Waals surface area contributed by atoms with Crippen molar-refractivity contribution in [3.8, 4) is 28.3 Å². The van der Waals surface area contributed by atoms with Crippen molar-refractivity contribution in [2.75, 3.05) is 0 Å². The molecule has 4 aromatic rings. The average Bonchev–Trinajstić information content (AvgIpc) is 3.14. The molecule has 0 saturated carbocycles. The number of benzene rings is 1. The van der Waals surface area contributed by atoms with E-state index >= 15 is 0 Å². The molecule has 5 heteroatoms. The molecule has 0 aliphatic carbocycles. The first-order valence-electron chi connectivity index (χ1n) is 7.26. The minimum absolute atomic E-state index is 0.694. The topological polar surface area (TPSA) is 56.5 Å². The molecule has 23 heavy (non-hydrogen) atoms. The highest BCUT2D eigenvalue weighted by Gasteiger charge is 2.07. The van der Waals surface area contributed by atoms with Crippen LogP contribution in [0.1, 0.15) is 0 Å². The van der Waals surface area contributed by atoms with Gasteiger partial charge in [-0.2, -0.15) is 5.10 Å². The number of hydrogen-bond donors (Lipinski definition) is 0. The maximum atomic E-state index is 4.51. The Bertz CT molecular complexity index is 916. The quantitative estimate of drug-likeness (QED) is 0.582. The number of rotatable bonds is 3. The lowest BCUT2D eigenvalue weighted by Crippen LogP contribution is -2.00. The Labute approximate surface area is 133 Å². The van der Waals surface area contributed by atoms with Crippen LogP contribution in [-0.4, -0.2) is 25.0 Å². The zero-order chi connectivity index (χ0) is 15.5. The van der Waals surface area contributed by atoms with E-state index in [1.807, 2.05) is 54.6 Å². The molecule has 0 atom stereocenters. The highest BCUT2D eigenvalue weighted by atomic mass is 15.5. The second kappa shape index (κ2) is 5.81. The Morgan fingerprint density at radius 3 is 2.22 bits per heavy atom. The van der Waals surface area contributed by atoms with E-state index in [9.17, 15) is 0 Å². The molecule has 110 valence electrons. The van der Waals surface area contributed by atoms with Crippen molar-refractivity contribution in [1.82, 2.24) is 25.0 Å². The summed E-state index contributed by atoms with van der Waals surface area (Å²) in [7, 11) is 0. The van der Waals surface area contributed by atoms with Crippen LogP contribution in [0.5, 0.6) is 0 Å². The lowest BCUT2D eigenvalue weighted by molar-refractivity contribution is 0.731. The van der Waals surface area contributed by atoms with E-state index < -0.39 is 0 Å². The summed E-state index contributed by atoms with van der Waals surface area (Å²) >= 11 is 0. The molecule has 1 aromatic carbocycles. The van der Waals surface area contributed by atoms with Gasteiger partial charge in [-0.25, -0.2) is 4.98 Å². The highest BCUT2D eigenvalue weighted by molar-refractivity contribution is 5.68. The fraction of sp³-hybridized carbons (Fsp3) is 0. The van der Waals surface area contributed by atoms with Crippen molar-refractivity contribution in [1.29, 1.82) is 0 Å². The van der Waals surface area contributed by atoms with Crippen molar-refractivity contribution in [2.45, 2.75) is 0 Å². The molecular weight excluding hydrogens is 286 g/mol. The van der Waals surface area contributed by atoms with Gasteiger partial charge in [-0.15, -0.1) is 9.90 Å². The lowest BCUT2D eigenvalue weighted by atomic mass is 10.1. The highest BCUT2D eigenvalue weighted by Crippen LogP contribution is 2.23. The van der Waals surface area contributed by atoms with Crippen molar-refractivity contribution in [2.24, 2.45) is 0 Å². The average molecular weight is 299 g/mol. The third-order valence-corrected chi connectivity index (χ3v) is 3.47. The summed E-state index contributed by atoms with van der Waals surface area (Å²) in [6.45, 7) is 0. The molecule has 4 rings (SSSR count). The van der Waals surface area contributed by atoms with Gasteiger partial charge in [0.2, 0.25) is 0 Å². The standard InChI is InChI=1S/C18H13N5/c1-3-10-19-16(8-1)14-6-5-7-15(12-14)17-13-21-23(22-17)18-9-2-4-11-20-18/h1-13H. The summed E-state index contributed by atoms with van der Waals surface area (Å²) in [4.78, 5) is 10.2. The smallest absolute Gasteiger partial charge is 0.174 e. The molecule has 0 radical (unpaired) electrons. The molecule has 0 unspecified atom stereocenters. The van der Waals surface area contributed by atoms with Crippen LogP contribution in [0, 0.1) is 0 Å². The molecule has 0 amide bonds. The third kappa shape index (κ3) is 2.72. The molecule has 3 aromatic heterocycles. The van der Waals surface area contributed by atoms with Gasteiger partial charge in [0.25, 0.3) is 0 Å². The maximum absolute atomic E-state index is 4.51. The largest absolute Gasteiger partial charge is 0.256 e. The lowest BCUT2D eigenvalue weighted by Gasteiger charge is -2.02. The van der Waals surface area contributed by atoms with E-state index in [-0.39, 0.29) is 0 Å². The second-order valence-corrected chi connectivity index (χ2v) is 5.00. The van der Waals surface area contributed by atoms with E-state index in [1.165, 1.54) is 4.80 Å². The number of aromatic nitrogens is 5. The van der Waals surface area contributed by atoms with Crippen LogP contribution < -0.4 is 0 Å². The summed E-state index contributed by atoms with van der Waals surface area (Å²) in [5.41, 5.74) is 3.78. The Kier molecular flexibility index (Phi) is 3.37. The fourth-order valence-electron chi connectivity index (χ4n) is 2.35. The first-order valence-corrected chi connectivity index (χ1v) is 7.26. The molecule has 0 aliphatic rings. The normalized spacial score (nSPS) is 10.6. The van der Waals surface area contributed by atoms with Gasteiger partial charge in [0.15, 0.2) is 5.82 Å². The summed E-state index contributed by atoms with van der Waals surface area (Å²) < 4.78 is 0. The zero-order valence-corrected chi connectivity index (χ0v) is 12.2. The van der Waals surface area contributed by atoms with Gasteiger partial charge < -0.3 is 0 Å². The molecule has 0 spiro atoms. The summed E-state index contributed by atoms with van der Waals surface area (Å²) in [6, 6.07) is 19.6. The van der Waals surface area contributed by atoms with Gasteiger partial charge in [-0.1, -0.05) is 30.3 Å². The zero-order valence-electron chi connectivity index (χ0n) is 12.2. The predicted molar refractivity (Wildman–Crippen MR) is 87.8 cm³/mol. The first-order chi connectivity index (χ1) is 11.4. The Morgan fingerprint density at radius 2 is 1.48 bits per heavy atom. The van der Waals surface area contributed by atoms with Crippen LogP contribution >= 0.6 is 0 Å². The van der Waals surface area contributed by atoms with Crippen LogP contribution in [0.25, 0.3) is 28.3 Å². The van der Waals surface area contributed by atoms with E-state index in [2.05, 4.69) is 26.2 Å². The summed E-state index contributed by atoms with van der Waals surface area (Å²) in [5, 5.41) is 8.80. The van der Waals surface area contributed by atoms with Gasteiger partial charge >= 0.3 is 0 Å². The van der Waals surface area contributed by atoms with Crippen LogP contribution in [-0.2, 0) is 0 Å². The van der Waals surface area contributed by atoms with E-state index in [1.54, 1.807) is 18.6 Å². The first kappa shape index (κ1) is 13.3. The van der Waals surface area contributed by atoms with E-state index in [0.717, 1.165) is 22.5 Å². The van der Waals surface area contributed by atoms with Crippen molar-refractivity contribution in [3.63, 3.8) is 0 Å². The molecule has 0 aliphatic heterocycles. The SMILES string of the molecule is c1ccc(-c2cccc(-c3cnn(-c4ccccn4)n3)c2)nc1. The Balaban J connectivity index is 1.71. The van der Waals surface area contributed by atoms with Crippen LogP contribution in [0.3, 0.4) is 0 Å². The van der Waals surface area contributed by atoms with Crippen molar-refractivity contribution in [3.05, 3.63) is 79.3 Å². The van der Waals surface area contributed by atoms with Crippen LogP contribution in [0.2, 0.25) is 0 Å². The fourth-order valence-corrected chi connectivity index (χ4v) is 2.35. The predicted octanol–water partition coefficient (Wildman–Crippen LogP) is 3.39. The molecule has 0 bridgehead atoms. The second-order valence-electron chi connectivity index (χ2n) is 5.00. The summed E-state index contributed by atoms with van der Waals surface area (Å²) in [6.07, 6.45) is 5.26.